The van der Waals surface area contributed by atoms with Gasteiger partial charge in [-0.3, -0.25) is 4.79 Å². The monoisotopic (exact) mass is 255 g/mol. The van der Waals surface area contributed by atoms with Crippen LogP contribution in [-0.4, -0.2) is 30.1 Å². The summed E-state index contributed by atoms with van der Waals surface area (Å²) in [5, 5.41) is 17.6. The molecule has 0 bridgehead atoms. The third-order valence-electron chi connectivity index (χ3n) is 2.45. The van der Waals surface area contributed by atoms with Crippen molar-refractivity contribution >= 4 is 0 Å². The Morgan fingerprint density at radius 2 is 2.00 bits per heavy atom. The van der Waals surface area contributed by atoms with E-state index < -0.39 is 5.56 Å². The van der Waals surface area contributed by atoms with Crippen molar-refractivity contribution in [2.24, 2.45) is 0 Å². The molecule has 2 aromatic heterocycles. The number of hydrogen-bond acceptors (Lipinski definition) is 5. The average Bonchev–Trinajstić information content (AvgIpc) is 2.88. The lowest BCUT2D eigenvalue weighted by molar-refractivity contribution is 0.452. The lowest BCUT2D eigenvalue weighted by Crippen LogP contribution is -2.07. The smallest absolute Gasteiger partial charge is 0.255 e. The largest absolute Gasteiger partial charge is 0.493 e. The van der Waals surface area contributed by atoms with Crippen LogP contribution in [0.5, 0.6) is 5.88 Å². The number of benzene rings is 1. The van der Waals surface area contributed by atoms with Crippen LogP contribution in [-0.2, 0) is 0 Å². The van der Waals surface area contributed by atoms with E-state index in [4.69, 9.17) is 0 Å². The van der Waals surface area contributed by atoms with Crippen molar-refractivity contribution in [3.05, 3.63) is 52.9 Å². The Kier molecular flexibility index (Phi) is 2.57. The number of hydrogen-bond donors (Lipinski definition) is 2. The normalized spacial score (nSPS) is 10.5. The number of para-hydroxylation sites is 1. The molecule has 1 aromatic carbocycles. The molecule has 3 rings (SSSR count). The third-order valence-corrected chi connectivity index (χ3v) is 2.45. The lowest BCUT2D eigenvalue weighted by atomic mass is 10.3. The van der Waals surface area contributed by atoms with Gasteiger partial charge >= 0.3 is 0 Å². The van der Waals surface area contributed by atoms with Crippen LogP contribution < -0.4 is 5.56 Å². The Morgan fingerprint density at radius 3 is 2.74 bits per heavy atom. The predicted octanol–water partition coefficient (Wildman–Crippen LogP) is 0.723. The van der Waals surface area contributed by atoms with Gasteiger partial charge in [-0.2, -0.15) is 14.9 Å². The van der Waals surface area contributed by atoms with Crippen molar-refractivity contribution < 1.29 is 5.11 Å². The first kappa shape index (κ1) is 11.1. The fourth-order valence-electron chi connectivity index (χ4n) is 1.62. The molecule has 0 saturated heterocycles. The molecule has 94 valence electrons. The van der Waals surface area contributed by atoms with Gasteiger partial charge in [-0.1, -0.05) is 18.2 Å². The molecule has 7 nitrogen and oxygen atoms in total. The molecule has 0 fully saturated rings. The zero-order valence-corrected chi connectivity index (χ0v) is 9.69. The summed E-state index contributed by atoms with van der Waals surface area (Å²) in [6, 6.07) is 10.3. The van der Waals surface area contributed by atoms with Crippen molar-refractivity contribution in [3.63, 3.8) is 0 Å². The maximum absolute atomic E-state index is 11.3. The maximum atomic E-state index is 11.3. The summed E-state index contributed by atoms with van der Waals surface area (Å²) >= 11 is 0. The molecule has 0 spiro atoms. The molecule has 0 unspecified atom stereocenters. The zero-order chi connectivity index (χ0) is 13.2. The second-order valence-electron chi connectivity index (χ2n) is 3.81. The highest BCUT2D eigenvalue weighted by molar-refractivity contribution is 5.47. The molecule has 0 aliphatic carbocycles. The Hall–Kier alpha value is -2.96. The highest BCUT2D eigenvalue weighted by atomic mass is 16.3. The molecule has 0 saturated carbocycles. The average molecular weight is 255 g/mol. The van der Waals surface area contributed by atoms with E-state index in [1.54, 1.807) is 0 Å². The van der Waals surface area contributed by atoms with Gasteiger partial charge in [0.1, 0.15) is 5.69 Å². The summed E-state index contributed by atoms with van der Waals surface area (Å²) in [4.78, 5) is 18.9. The topological polar surface area (TPSA) is 96.7 Å². The van der Waals surface area contributed by atoms with Crippen molar-refractivity contribution in [2.45, 2.75) is 0 Å². The second kappa shape index (κ2) is 4.37. The number of rotatable bonds is 2. The Morgan fingerprint density at radius 1 is 1.21 bits per heavy atom. The maximum Gasteiger partial charge on any atom is 0.255 e. The first-order valence-electron chi connectivity index (χ1n) is 5.51. The quantitative estimate of drug-likeness (QED) is 0.703. The van der Waals surface area contributed by atoms with Crippen LogP contribution >= 0.6 is 0 Å². The summed E-state index contributed by atoms with van der Waals surface area (Å²) in [7, 11) is 0. The van der Waals surface area contributed by atoms with Crippen LogP contribution in [0, 0.1) is 0 Å². The first-order chi connectivity index (χ1) is 9.22. The molecule has 19 heavy (non-hydrogen) atoms. The molecule has 0 radical (unpaired) electrons. The molecular formula is C12H9N5O2. The minimum atomic E-state index is -0.447. The van der Waals surface area contributed by atoms with Crippen LogP contribution in [0.25, 0.3) is 17.2 Å². The second-order valence-corrected chi connectivity index (χ2v) is 3.81. The van der Waals surface area contributed by atoms with E-state index in [0.29, 0.717) is 5.69 Å². The number of aromatic nitrogens is 5. The molecule has 0 aliphatic rings. The van der Waals surface area contributed by atoms with Crippen molar-refractivity contribution in [3.8, 4) is 23.1 Å². The highest BCUT2D eigenvalue weighted by Crippen LogP contribution is 2.13. The molecular weight excluding hydrogens is 246 g/mol. The minimum absolute atomic E-state index is 0.173. The molecule has 2 heterocycles. The first-order valence-corrected chi connectivity index (χ1v) is 5.51. The van der Waals surface area contributed by atoms with Gasteiger partial charge in [0.2, 0.25) is 5.88 Å². The third kappa shape index (κ3) is 2.21. The van der Waals surface area contributed by atoms with Crippen molar-refractivity contribution in [2.75, 3.05) is 0 Å². The summed E-state index contributed by atoms with van der Waals surface area (Å²) in [5.74, 6) is -0.180. The molecule has 0 aliphatic heterocycles. The van der Waals surface area contributed by atoms with Crippen LogP contribution in [0.2, 0.25) is 0 Å². The van der Waals surface area contributed by atoms with Gasteiger partial charge in [0.15, 0.2) is 5.82 Å². The van der Waals surface area contributed by atoms with E-state index >= 15 is 0 Å². The van der Waals surface area contributed by atoms with Crippen LogP contribution in [0.1, 0.15) is 0 Å². The van der Waals surface area contributed by atoms with E-state index in [1.165, 1.54) is 11.0 Å². The molecule has 7 heteroatoms. The molecule has 2 N–H and O–H groups in total. The Bertz CT molecular complexity index is 763. The van der Waals surface area contributed by atoms with Gasteiger partial charge in [-0.25, -0.2) is 0 Å². The number of aromatic amines is 1. The number of aromatic hydroxyl groups is 1. The van der Waals surface area contributed by atoms with Crippen LogP contribution in [0.4, 0.5) is 0 Å². The van der Waals surface area contributed by atoms with Gasteiger partial charge in [0, 0.05) is 0 Å². The predicted molar refractivity (Wildman–Crippen MR) is 66.9 cm³/mol. The fourth-order valence-corrected chi connectivity index (χ4v) is 1.62. The molecule has 0 atom stereocenters. The molecule has 0 amide bonds. The van der Waals surface area contributed by atoms with E-state index in [2.05, 4.69) is 20.2 Å². The molecule has 3 aromatic rings. The van der Waals surface area contributed by atoms with Gasteiger partial charge in [-0.15, -0.1) is 5.10 Å². The zero-order valence-electron chi connectivity index (χ0n) is 9.69. The van der Waals surface area contributed by atoms with Gasteiger partial charge in [-0.05, 0) is 12.1 Å². The van der Waals surface area contributed by atoms with Crippen molar-refractivity contribution in [1.29, 1.82) is 0 Å². The number of nitrogens with zero attached hydrogens (tertiary/aromatic N) is 4. The van der Waals surface area contributed by atoms with Crippen LogP contribution in [0.15, 0.2) is 47.4 Å². The van der Waals surface area contributed by atoms with E-state index in [-0.39, 0.29) is 11.7 Å². The lowest BCUT2D eigenvalue weighted by Gasteiger charge is -1.98. The Labute approximate surface area is 107 Å². The van der Waals surface area contributed by atoms with E-state index in [9.17, 15) is 9.90 Å². The summed E-state index contributed by atoms with van der Waals surface area (Å²) in [5.41, 5.74) is 0.713. The standard InChI is InChI=1S/C12H9N5O2/c18-10-6-11(19)15-12(14-10)9-7-13-17(16-9)8-4-2-1-3-5-8/h1-7H,(H2,14,15,18,19). The van der Waals surface area contributed by atoms with E-state index in [0.717, 1.165) is 11.8 Å². The van der Waals surface area contributed by atoms with Crippen molar-refractivity contribution in [1.82, 2.24) is 25.0 Å². The fraction of sp³-hybridized carbons (Fsp3) is 0. The summed E-state index contributed by atoms with van der Waals surface area (Å²) in [6.45, 7) is 0. The van der Waals surface area contributed by atoms with Gasteiger partial charge in [0.05, 0.1) is 18.0 Å². The van der Waals surface area contributed by atoms with Gasteiger partial charge in [0.25, 0.3) is 5.56 Å². The van der Waals surface area contributed by atoms with E-state index in [1.807, 2.05) is 30.3 Å². The highest BCUT2D eigenvalue weighted by Gasteiger charge is 2.08. The number of H-pyrrole nitrogens is 1. The SMILES string of the molecule is O=c1cc(O)nc(-c2cnn(-c3ccccc3)n2)[nH]1. The van der Waals surface area contributed by atoms with Gasteiger partial charge < -0.3 is 10.1 Å². The van der Waals surface area contributed by atoms with Crippen LogP contribution in [0.3, 0.4) is 0 Å². The number of nitrogens with one attached hydrogen (secondary N) is 1. The summed E-state index contributed by atoms with van der Waals surface area (Å²) in [6.07, 6.45) is 1.46. The Balaban J connectivity index is 2.04. The summed E-state index contributed by atoms with van der Waals surface area (Å²) < 4.78 is 0. The minimum Gasteiger partial charge on any atom is -0.493 e.